The Labute approximate surface area is 121 Å². The van der Waals surface area contributed by atoms with Crippen LogP contribution in [0.4, 0.5) is 0 Å². The molecule has 0 unspecified atom stereocenters. The molecule has 0 saturated carbocycles. The first-order chi connectivity index (χ1) is 9.72. The van der Waals surface area contributed by atoms with Crippen LogP contribution in [0.15, 0.2) is 28.8 Å². The smallest absolute Gasteiger partial charge is 0.257 e. The first-order valence-corrected chi connectivity index (χ1v) is 6.63. The van der Waals surface area contributed by atoms with Gasteiger partial charge >= 0.3 is 0 Å². The van der Waals surface area contributed by atoms with Crippen LogP contribution in [0.3, 0.4) is 0 Å². The summed E-state index contributed by atoms with van der Waals surface area (Å²) in [6, 6.07) is 7.12. The van der Waals surface area contributed by atoms with Crippen LogP contribution in [0.2, 0.25) is 5.02 Å². The van der Waals surface area contributed by atoms with Gasteiger partial charge in [0.05, 0.1) is 19.8 Å². The molecule has 108 valence electrons. The quantitative estimate of drug-likeness (QED) is 0.798. The van der Waals surface area contributed by atoms with E-state index < -0.39 is 0 Å². The van der Waals surface area contributed by atoms with Gasteiger partial charge in [0.1, 0.15) is 0 Å². The minimum absolute atomic E-state index is 0.0158. The number of nitrogens with zero attached hydrogens (tertiary/aromatic N) is 3. The predicted molar refractivity (Wildman–Crippen MR) is 74.2 cm³/mol. The average Bonchev–Trinajstić information content (AvgIpc) is 2.89. The zero-order valence-electron chi connectivity index (χ0n) is 10.9. The molecule has 0 atom stereocenters. The normalized spacial score (nSPS) is 11.2. The maximum Gasteiger partial charge on any atom is 0.257 e. The number of aliphatic hydroxyl groups is 2. The highest BCUT2D eigenvalue weighted by atomic mass is 35.5. The Morgan fingerprint density at radius 3 is 2.35 bits per heavy atom. The molecule has 2 aromatic rings. The predicted octanol–water partition coefficient (Wildman–Crippen LogP) is 1.18. The molecule has 1 aromatic carbocycles. The summed E-state index contributed by atoms with van der Waals surface area (Å²) in [6.07, 6.45) is 0. The number of aromatic nitrogens is 2. The zero-order chi connectivity index (χ0) is 14.4. The van der Waals surface area contributed by atoms with E-state index in [0.29, 0.717) is 36.4 Å². The number of benzene rings is 1. The standard InChI is InChI=1S/C13H16ClN3O3/c14-11-3-1-10(2-4-11)13-15-12(16-20-13)9-17(5-7-18)6-8-19/h1-4,18-19H,5-9H2. The summed E-state index contributed by atoms with van der Waals surface area (Å²) in [7, 11) is 0. The SMILES string of the molecule is OCCN(CCO)Cc1noc(-c2ccc(Cl)cc2)n1. The molecular formula is C13H16ClN3O3. The third-order valence-corrected chi connectivity index (χ3v) is 3.01. The summed E-state index contributed by atoms with van der Waals surface area (Å²) >= 11 is 5.82. The van der Waals surface area contributed by atoms with E-state index >= 15 is 0 Å². The van der Waals surface area contributed by atoms with Crippen molar-refractivity contribution < 1.29 is 14.7 Å². The molecule has 0 aliphatic rings. The van der Waals surface area contributed by atoms with Crippen LogP contribution >= 0.6 is 11.6 Å². The molecule has 6 nitrogen and oxygen atoms in total. The van der Waals surface area contributed by atoms with Gasteiger partial charge in [-0.15, -0.1) is 0 Å². The highest BCUT2D eigenvalue weighted by molar-refractivity contribution is 6.30. The zero-order valence-corrected chi connectivity index (χ0v) is 11.6. The van der Waals surface area contributed by atoms with Crippen molar-refractivity contribution in [3.63, 3.8) is 0 Å². The lowest BCUT2D eigenvalue weighted by Gasteiger charge is -2.17. The Kier molecular flexibility index (Phi) is 5.49. The van der Waals surface area contributed by atoms with Crippen LogP contribution in [0, 0.1) is 0 Å². The summed E-state index contributed by atoms with van der Waals surface area (Å²) in [5.41, 5.74) is 0.795. The fourth-order valence-corrected chi connectivity index (χ4v) is 1.91. The fraction of sp³-hybridized carbons (Fsp3) is 0.385. The van der Waals surface area contributed by atoms with Crippen LogP contribution in [0.25, 0.3) is 11.5 Å². The van der Waals surface area contributed by atoms with Gasteiger partial charge in [-0.05, 0) is 24.3 Å². The lowest BCUT2D eigenvalue weighted by Crippen LogP contribution is -2.29. The summed E-state index contributed by atoms with van der Waals surface area (Å²) in [6.45, 7) is 1.35. The van der Waals surface area contributed by atoms with Gasteiger partial charge in [-0.1, -0.05) is 16.8 Å². The Morgan fingerprint density at radius 2 is 1.75 bits per heavy atom. The van der Waals surface area contributed by atoms with Gasteiger partial charge in [0.2, 0.25) is 0 Å². The summed E-state index contributed by atoms with van der Waals surface area (Å²) in [4.78, 5) is 6.13. The van der Waals surface area contributed by atoms with Crippen molar-refractivity contribution in [2.45, 2.75) is 6.54 Å². The van der Waals surface area contributed by atoms with Gasteiger partial charge in [-0.25, -0.2) is 0 Å². The first-order valence-electron chi connectivity index (χ1n) is 6.25. The maximum atomic E-state index is 8.95. The van der Waals surface area contributed by atoms with Crippen LogP contribution in [-0.2, 0) is 6.54 Å². The second kappa shape index (κ2) is 7.35. The molecule has 2 rings (SSSR count). The third-order valence-electron chi connectivity index (χ3n) is 2.76. The molecule has 0 aliphatic carbocycles. The highest BCUT2D eigenvalue weighted by Crippen LogP contribution is 2.19. The van der Waals surface area contributed by atoms with Gasteiger partial charge in [0.25, 0.3) is 5.89 Å². The van der Waals surface area contributed by atoms with Crippen molar-refractivity contribution in [3.8, 4) is 11.5 Å². The van der Waals surface area contributed by atoms with Crippen molar-refractivity contribution >= 4 is 11.6 Å². The minimum Gasteiger partial charge on any atom is -0.395 e. The van der Waals surface area contributed by atoms with Crippen LogP contribution in [0.1, 0.15) is 5.82 Å². The van der Waals surface area contributed by atoms with Gasteiger partial charge < -0.3 is 14.7 Å². The highest BCUT2D eigenvalue weighted by Gasteiger charge is 2.12. The van der Waals surface area contributed by atoms with E-state index in [2.05, 4.69) is 10.1 Å². The van der Waals surface area contributed by atoms with Gasteiger partial charge in [0.15, 0.2) is 5.82 Å². The summed E-state index contributed by atoms with van der Waals surface area (Å²) in [5.74, 6) is 0.932. The molecule has 1 heterocycles. The van der Waals surface area contributed by atoms with E-state index in [9.17, 15) is 0 Å². The number of hydrogen-bond acceptors (Lipinski definition) is 6. The van der Waals surface area contributed by atoms with Gasteiger partial charge in [0, 0.05) is 23.7 Å². The van der Waals surface area contributed by atoms with Crippen molar-refractivity contribution in [1.29, 1.82) is 0 Å². The molecule has 0 spiro atoms. The van der Waals surface area contributed by atoms with Crippen LogP contribution in [0.5, 0.6) is 0 Å². The summed E-state index contributed by atoms with van der Waals surface area (Å²) in [5, 5.41) is 22.4. The van der Waals surface area contributed by atoms with Gasteiger partial charge in [-0.3, -0.25) is 4.90 Å². The molecule has 0 aliphatic heterocycles. The van der Waals surface area contributed by atoms with Crippen molar-refractivity contribution in [3.05, 3.63) is 35.1 Å². The Hall–Kier alpha value is -1.47. The lowest BCUT2D eigenvalue weighted by atomic mass is 10.2. The monoisotopic (exact) mass is 297 g/mol. The largest absolute Gasteiger partial charge is 0.395 e. The third kappa shape index (κ3) is 4.01. The van der Waals surface area contributed by atoms with E-state index in [1.807, 2.05) is 4.90 Å². The van der Waals surface area contributed by atoms with Crippen LogP contribution in [-0.4, -0.2) is 51.6 Å². The number of hydrogen-bond donors (Lipinski definition) is 2. The molecule has 0 fully saturated rings. The van der Waals surface area contributed by atoms with Crippen molar-refractivity contribution in [2.75, 3.05) is 26.3 Å². The molecule has 20 heavy (non-hydrogen) atoms. The second-order valence-electron chi connectivity index (χ2n) is 4.25. The molecule has 7 heteroatoms. The van der Waals surface area contributed by atoms with E-state index in [-0.39, 0.29) is 13.2 Å². The fourth-order valence-electron chi connectivity index (χ4n) is 1.78. The minimum atomic E-state index is 0.0158. The lowest BCUT2D eigenvalue weighted by molar-refractivity contribution is 0.152. The topological polar surface area (TPSA) is 82.6 Å². The Balaban J connectivity index is 2.06. The first kappa shape index (κ1) is 14.9. The van der Waals surface area contributed by atoms with E-state index in [1.54, 1.807) is 24.3 Å². The van der Waals surface area contributed by atoms with Crippen LogP contribution < -0.4 is 0 Å². The molecule has 0 radical (unpaired) electrons. The number of rotatable bonds is 7. The molecule has 0 amide bonds. The molecular weight excluding hydrogens is 282 g/mol. The molecule has 0 saturated heterocycles. The average molecular weight is 298 g/mol. The van der Waals surface area contributed by atoms with E-state index in [0.717, 1.165) is 5.56 Å². The van der Waals surface area contributed by atoms with Gasteiger partial charge in [-0.2, -0.15) is 4.98 Å². The molecule has 0 bridgehead atoms. The Morgan fingerprint density at radius 1 is 1.10 bits per heavy atom. The van der Waals surface area contributed by atoms with Crippen molar-refractivity contribution in [2.24, 2.45) is 0 Å². The maximum absolute atomic E-state index is 8.95. The molecule has 2 N–H and O–H groups in total. The van der Waals surface area contributed by atoms with E-state index in [1.165, 1.54) is 0 Å². The number of aliphatic hydroxyl groups excluding tert-OH is 2. The molecule has 1 aromatic heterocycles. The second-order valence-corrected chi connectivity index (χ2v) is 4.68. The Bertz CT molecular complexity index is 524. The van der Waals surface area contributed by atoms with E-state index in [4.69, 9.17) is 26.3 Å². The summed E-state index contributed by atoms with van der Waals surface area (Å²) < 4.78 is 5.19. The van der Waals surface area contributed by atoms with Crippen molar-refractivity contribution in [1.82, 2.24) is 15.0 Å². The number of halogens is 1.